The van der Waals surface area contributed by atoms with Crippen LogP contribution in [0.4, 0.5) is 10.7 Å². The minimum atomic E-state index is -0.678. The fourth-order valence-corrected chi connectivity index (χ4v) is 1.36. The summed E-state index contributed by atoms with van der Waals surface area (Å²) < 4.78 is 4.91. The zero-order valence-electron chi connectivity index (χ0n) is 9.24. The van der Waals surface area contributed by atoms with Gasteiger partial charge < -0.3 is 4.42 Å². The van der Waals surface area contributed by atoms with E-state index in [0.29, 0.717) is 0 Å². The third-order valence-corrected chi connectivity index (χ3v) is 2.17. The summed E-state index contributed by atoms with van der Waals surface area (Å²) in [7, 11) is 0. The van der Waals surface area contributed by atoms with Crippen molar-refractivity contribution in [2.45, 2.75) is 6.92 Å². The Kier molecular flexibility index (Phi) is 2.80. The molecule has 0 saturated carbocycles. The Morgan fingerprint density at radius 1 is 1.56 bits per heavy atom. The summed E-state index contributed by atoms with van der Waals surface area (Å²) in [5.41, 5.74) is 0.257. The fraction of sp³-hybridized carbons (Fsp3) is 0.222. The summed E-state index contributed by atoms with van der Waals surface area (Å²) in [5.74, 6) is -0.711. The second kappa shape index (κ2) is 4.28. The van der Waals surface area contributed by atoms with E-state index in [0.717, 1.165) is 5.01 Å². The smallest absolute Gasteiger partial charge is 0.399 e. The van der Waals surface area contributed by atoms with Crippen molar-refractivity contribution in [2.75, 3.05) is 6.54 Å². The molecule has 18 heavy (non-hydrogen) atoms. The molecule has 0 spiro atoms. The van der Waals surface area contributed by atoms with Gasteiger partial charge in [-0.2, -0.15) is 5.10 Å². The van der Waals surface area contributed by atoms with Crippen molar-refractivity contribution in [1.29, 1.82) is 0 Å². The van der Waals surface area contributed by atoms with Gasteiger partial charge in [0.1, 0.15) is 17.2 Å². The summed E-state index contributed by atoms with van der Waals surface area (Å²) in [6.07, 6.45) is 0. The van der Waals surface area contributed by atoms with Gasteiger partial charge in [0.05, 0.1) is 6.07 Å². The molecule has 3 amide bonds. The first-order chi connectivity index (χ1) is 8.47. The lowest BCUT2D eigenvalue weighted by Crippen LogP contribution is -2.24. The van der Waals surface area contributed by atoms with E-state index >= 15 is 0 Å². The van der Waals surface area contributed by atoms with Crippen LogP contribution in [0.15, 0.2) is 21.7 Å². The first-order valence-corrected chi connectivity index (χ1v) is 4.88. The standard InChI is InChI=1S/C9H8N4O5/c1-5(6-2-3-8(18-6)13(16)17)11-12-4-7(14)10-9(12)15/h2-3H,4H2,1H3,(H,10,14,15)/b11-5+. The molecule has 9 nitrogen and oxygen atoms in total. The number of nitrogens with one attached hydrogen (secondary N) is 1. The molecule has 1 saturated heterocycles. The summed E-state index contributed by atoms with van der Waals surface area (Å²) in [5, 5.41) is 17.3. The Hall–Kier alpha value is -2.71. The highest BCUT2D eigenvalue weighted by molar-refractivity contribution is 6.03. The molecule has 1 N–H and O–H groups in total. The van der Waals surface area contributed by atoms with Crippen LogP contribution in [0.25, 0.3) is 0 Å². The van der Waals surface area contributed by atoms with Crippen molar-refractivity contribution < 1.29 is 18.9 Å². The van der Waals surface area contributed by atoms with E-state index in [1.54, 1.807) is 0 Å². The van der Waals surface area contributed by atoms with Crippen molar-refractivity contribution in [1.82, 2.24) is 10.3 Å². The molecule has 94 valence electrons. The molecule has 1 aliphatic rings. The minimum absolute atomic E-state index is 0.161. The molecule has 0 radical (unpaired) electrons. The zero-order valence-corrected chi connectivity index (χ0v) is 9.24. The molecule has 1 aromatic rings. The van der Waals surface area contributed by atoms with Gasteiger partial charge >= 0.3 is 11.9 Å². The number of hydrazone groups is 1. The Balaban J connectivity index is 2.19. The lowest BCUT2D eigenvalue weighted by molar-refractivity contribution is -0.402. The highest BCUT2D eigenvalue weighted by Gasteiger charge is 2.27. The second-order valence-corrected chi connectivity index (χ2v) is 3.49. The van der Waals surface area contributed by atoms with Gasteiger partial charge in [0.15, 0.2) is 5.76 Å². The van der Waals surface area contributed by atoms with Crippen LogP contribution in [-0.4, -0.2) is 34.1 Å². The molecule has 9 heteroatoms. The lowest BCUT2D eigenvalue weighted by atomic mass is 10.3. The Labute approximate surface area is 100 Å². The molecule has 0 aliphatic carbocycles. The van der Waals surface area contributed by atoms with Crippen molar-refractivity contribution >= 4 is 23.5 Å². The lowest BCUT2D eigenvalue weighted by Gasteiger charge is -2.06. The first-order valence-electron chi connectivity index (χ1n) is 4.88. The van der Waals surface area contributed by atoms with Gasteiger partial charge in [0.25, 0.3) is 0 Å². The van der Waals surface area contributed by atoms with E-state index in [-0.39, 0.29) is 18.0 Å². The Bertz CT molecular complexity index is 561. The third-order valence-electron chi connectivity index (χ3n) is 2.17. The number of imide groups is 1. The van der Waals surface area contributed by atoms with Crippen LogP contribution in [0.1, 0.15) is 12.7 Å². The van der Waals surface area contributed by atoms with E-state index in [1.807, 2.05) is 5.32 Å². The zero-order chi connectivity index (χ0) is 13.3. The van der Waals surface area contributed by atoms with E-state index < -0.39 is 22.7 Å². The number of carbonyl (C=O) groups is 2. The van der Waals surface area contributed by atoms with Gasteiger partial charge in [-0.25, -0.2) is 9.80 Å². The SMILES string of the molecule is C/C(=N\N1CC(=O)NC1=O)c1ccc([N+](=O)[O-])o1. The van der Waals surface area contributed by atoms with Crippen LogP contribution >= 0.6 is 0 Å². The molecule has 0 aromatic carbocycles. The van der Waals surface area contributed by atoms with Gasteiger partial charge in [-0.1, -0.05) is 0 Å². The summed E-state index contributed by atoms with van der Waals surface area (Å²) >= 11 is 0. The normalized spacial score (nSPS) is 16.1. The van der Waals surface area contributed by atoms with Crippen LogP contribution < -0.4 is 5.32 Å². The highest BCUT2D eigenvalue weighted by atomic mass is 16.6. The molecule has 2 rings (SSSR count). The van der Waals surface area contributed by atoms with Gasteiger partial charge in [-0.3, -0.25) is 20.2 Å². The Morgan fingerprint density at radius 2 is 2.28 bits per heavy atom. The van der Waals surface area contributed by atoms with Gasteiger partial charge in [0.2, 0.25) is 5.91 Å². The number of furan rings is 1. The molecule has 1 aliphatic heterocycles. The van der Waals surface area contributed by atoms with Gasteiger partial charge in [0, 0.05) is 0 Å². The van der Waals surface area contributed by atoms with Gasteiger partial charge in [-0.15, -0.1) is 0 Å². The Morgan fingerprint density at radius 3 is 2.78 bits per heavy atom. The number of hydrogen-bond donors (Lipinski definition) is 1. The summed E-state index contributed by atoms with van der Waals surface area (Å²) in [6.45, 7) is 1.33. The topological polar surface area (TPSA) is 118 Å². The van der Waals surface area contributed by atoms with E-state index in [4.69, 9.17) is 4.42 Å². The first kappa shape index (κ1) is 11.8. The number of hydrogen-bond acceptors (Lipinski definition) is 6. The summed E-state index contributed by atoms with van der Waals surface area (Å²) in [6, 6.07) is 1.91. The van der Waals surface area contributed by atoms with Gasteiger partial charge in [-0.05, 0) is 13.0 Å². The average Bonchev–Trinajstić information content (AvgIpc) is 2.86. The van der Waals surface area contributed by atoms with Crippen LogP contribution in [0.2, 0.25) is 0 Å². The van der Waals surface area contributed by atoms with Crippen molar-refractivity contribution in [3.63, 3.8) is 0 Å². The fourth-order valence-electron chi connectivity index (χ4n) is 1.36. The number of nitrogens with zero attached hydrogens (tertiary/aromatic N) is 3. The second-order valence-electron chi connectivity index (χ2n) is 3.49. The van der Waals surface area contributed by atoms with Crippen molar-refractivity contribution in [3.8, 4) is 0 Å². The maximum atomic E-state index is 11.2. The van der Waals surface area contributed by atoms with Crippen molar-refractivity contribution in [2.24, 2.45) is 5.10 Å². The van der Waals surface area contributed by atoms with Crippen molar-refractivity contribution in [3.05, 3.63) is 28.0 Å². The maximum Gasteiger partial charge on any atom is 0.433 e. The third kappa shape index (κ3) is 2.19. The molecule has 2 heterocycles. The molecular formula is C9H8N4O5. The molecule has 1 aromatic heterocycles. The molecule has 0 atom stereocenters. The molecule has 0 unspecified atom stereocenters. The largest absolute Gasteiger partial charge is 0.433 e. The minimum Gasteiger partial charge on any atom is -0.399 e. The molecule has 1 fully saturated rings. The van der Waals surface area contributed by atoms with E-state index in [1.165, 1.54) is 19.1 Å². The van der Waals surface area contributed by atoms with Crippen LogP contribution in [-0.2, 0) is 4.79 Å². The monoisotopic (exact) mass is 252 g/mol. The summed E-state index contributed by atoms with van der Waals surface area (Å²) in [4.78, 5) is 31.9. The molecular weight excluding hydrogens is 244 g/mol. The number of amides is 3. The van der Waals surface area contributed by atoms with E-state index in [2.05, 4.69) is 5.10 Å². The number of urea groups is 1. The highest BCUT2D eigenvalue weighted by Crippen LogP contribution is 2.16. The molecule has 0 bridgehead atoms. The number of carbonyl (C=O) groups excluding carboxylic acids is 2. The average molecular weight is 252 g/mol. The maximum absolute atomic E-state index is 11.2. The van der Waals surface area contributed by atoms with Crippen LogP contribution in [0, 0.1) is 10.1 Å². The number of rotatable bonds is 3. The number of nitro groups is 1. The van der Waals surface area contributed by atoms with E-state index in [9.17, 15) is 19.7 Å². The van der Waals surface area contributed by atoms with Crippen LogP contribution in [0.5, 0.6) is 0 Å². The quantitative estimate of drug-likeness (QED) is 0.363. The predicted octanol–water partition coefficient (Wildman–Crippen LogP) is 0.464. The predicted molar refractivity (Wildman–Crippen MR) is 57.8 cm³/mol. The van der Waals surface area contributed by atoms with Crippen LogP contribution in [0.3, 0.4) is 0 Å².